The van der Waals surface area contributed by atoms with Gasteiger partial charge in [-0.15, -0.1) is 0 Å². The lowest BCUT2D eigenvalue weighted by atomic mass is 10.3. The molecule has 0 aromatic carbocycles. The number of nitrogens with zero attached hydrogens (tertiary/aromatic N) is 2. The molecule has 0 saturated heterocycles. The van der Waals surface area contributed by atoms with Crippen LogP contribution < -0.4 is 0 Å². The second kappa shape index (κ2) is 4.65. The summed E-state index contributed by atoms with van der Waals surface area (Å²) in [4.78, 5) is 0. The molecule has 1 heterocycles. The largest absolute Gasteiger partial charge is 0.389 e. The minimum atomic E-state index is -0.565. The molecule has 0 aliphatic carbocycles. The lowest BCUT2D eigenvalue weighted by molar-refractivity contribution is 0.0536. The van der Waals surface area contributed by atoms with Gasteiger partial charge in [0.1, 0.15) is 11.8 Å². The van der Waals surface area contributed by atoms with Crippen molar-refractivity contribution in [3.8, 4) is 6.07 Å². The average molecular weight is 180 g/mol. The first-order valence-corrected chi connectivity index (χ1v) is 4.00. The van der Waals surface area contributed by atoms with E-state index in [0.29, 0.717) is 12.2 Å². The Morgan fingerprint density at radius 1 is 1.77 bits per heavy atom. The van der Waals surface area contributed by atoms with E-state index < -0.39 is 6.10 Å². The summed E-state index contributed by atoms with van der Waals surface area (Å²) in [7, 11) is 1.53. The number of aliphatic hydroxyl groups is 1. The fourth-order valence-electron chi connectivity index (χ4n) is 1.15. The van der Waals surface area contributed by atoms with Crippen LogP contribution in [0.3, 0.4) is 0 Å². The second-order valence-electron chi connectivity index (χ2n) is 2.77. The van der Waals surface area contributed by atoms with Gasteiger partial charge in [-0.2, -0.15) is 5.26 Å². The molecule has 0 aliphatic rings. The van der Waals surface area contributed by atoms with E-state index in [1.807, 2.05) is 6.07 Å². The summed E-state index contributed by atoms with van der Waals surface area (Å²) in [6.07, 6.45) is 1.20. The van der Waals surface area contributed by atoms with Gasteiger partial charge in [-0.25, -0.2) is 0 Å². The topological polar surface area (TPSA) is 58.2 Å². The van der Waals surface area contributed by atoms with Gasteiger partial charge in [0.25, 0.3) is 0 Å². The molecule has 0 amide bonds. The number of aliphatic hydroxyl groups excluding tert-OH is 1. The molecule has 4 nitrogen and oxygen atoms in total. The monoisotopic (exact) mass is 180 g/mol. The Labute approximate surface area is 77.0 Å². The van der Waals surface area contributed by atoms with Crippen LogP contribution in [0.5, 0.6) is 0 Å². The molecule has 70 valence electrons. The Kier molecular flexibility index (Phi) is 3.50. The van der Waals surface area contributed by atoms with E-state index in [9.17, 15) is 5.11 Å². The van der Waals surface area contributed by atoms with Crippen molar-refractivity contribution in [1.82, 2.24) is 4.57 Å². The zero-order valence-electron chi connectivity index (χ0n) is 7.47. The molecule has 1 atom stereocenters. The number of rotatable bonds is 4. The summed E-state index contributed by atoms with van der Waals surface area (Å²) >= 11 is 0. The summed E-state index contributed by atoms with van der Waals surface area (Å²) in [5.41, 5.74) is 0.551. The van der Waals surface area contributed by atoms with Gasteiger partial charge in [0.2, 0.25) is 0 Å². The van der Waals surface area contributed by atoms with Gasteiger partial charge in [0, 0.05) is 13.3 Å². The molecule has 4 heteroatoms. The summed E-state index contributed by atoms with van der Waals surface area (Å²) in [6.45, 7) is 0.673. The van der Waals surface area contributed by atoms with Crippen molar-refractivity contribution in [2.45, 2.75) is 12.6 Å². The van der Waals surface area contributed by atoms with E-state index in [1.54, 1.807) is 22.9 Å². The van der Waals surface area contributed by atoms with Crippen LogP contribution >= 0.6 is 0 Å². The van der Waals surface area contributed by atoms with Gasteiger partial charge in [0.05, 0.1) is 19.3 Å². The Balaban J connectivity index is 2.59. The molecule has 0 fully saturated rings. The van der Waals surface area contributed by atoms with Gasteiger partial charge in [-0.1, -0.05) is 0 Å². The average Bonchev–Trinajstić information content (AvgIpc) is 2.52. The third-order valence-electron chi connectivity index (χ3n) is 1.71. The zero-order chi connectivity index (χ0) is 9.68. The van der Waals surface area contributed by atoms with Crippen molar-refractivity contribution in [1.29, 1.82) is 5.26 Å². The lowest BCUT2D eigenvalue weighted by Gasteiger charge is -2.10. The third-order valence-corrected chi connectivity index (χ3v) is 1.71. The Morgan fingerprint density at radius 2 is 2.54 bits per heavy atom. The van der Waals surface area contributed by atoms with E-state index in [4.69, 9.17) is 10.00 Å². The van der Waals surface area contributed by atoms with Crippen molar-refractivity contribution in [2.75, 3.05) is 13.7 Å². The van der Waals surface area contributed by atoms with Gasteiger partial charge < -0.3 is 14.4 Å². The van der Waals surface area contributed by atoms with Crippen LogP contribution in [-0.4, -0.2) is 29.5 Å². The smallest absolute Gasteiger partial charge is 0.120 e. The molecule has 0 aliphatic heterocycles. The maximum Gasteiger partial charge on any atom is 0.120 e. The molecular weight excluding hydrogens is 168 g/mol. The summed E-state index contributed by atoms with van der Waals surface area (Å²) < 4.78 is 6.48. The number of ether oxygens (including phenoxy) is 1. The summed E-state index contributed by atoms with van der Waals surface area (Å²) in [5, 5.41) is 18.1. The van der Waals surface area contributed by atoms with E-state index in [0.717, 1.165) is 0 Å². The van der Waals surface area contributed by atoms with Crippen LogP contribution in [0.1, 0.15) is 5.69 Å². The molecule has 13 heavy (non-hydrogen) atoms. The first-order valence-electron chi connectivity index (χ1n) is 4.00. The molecular formula is C9H12N2O2. The van der Waals surface area contributed by atoms with Crippen LogP contribution in [0, 0.1) is 11.3 Å². The van der Waals surface area contributed by atoms with Gasteiger partial charge in [-0.05, 0) is 12.1 Å². The lowest BCUT2D eigenvalue weighted by Crippen LogP contribution is -2.21. The third kappa shape index (κ3) is 2.58. The maximum absolute atomic E-state index is 9.39. The van der Waals surface area contributed by atoms with E-state index in [1.165, 1.54) is 7.11 Å². The normalized spacial score (nSPS) is 12.4. The first kappa shape index (κ1) is 9.78. The highest BCUT2D eigenvalue weighted by Crippen LogP contribution is 2.02. The van der Waals surface area contributed by atoms with Crippen molar-refractivity contribution in [3.05, 3.63) is 24.0 Å². The fraction of sp³-hybridized carbons (Fsp3) is 0.444. The predicted molar refractivity (Wildman–Crippen MR) is 47.0 cm³/mol. The van der Waals surface area contributed by atoms with Crippen molar-refractivity contribution in [3.63, 3.8) is 0 Å². The molecule has 0 saturated carbocycles. The number of hydrogen-bond acceptors (Lipinski definition) is 3. The minimum Gasteiger partial charge on any atom is -0.389 e. The van der Waals surface area contributed by atoms with Crippen LogP contribution in [0.4, 0.5) is 0 Å². The first-order chi connectivity index (χ1) is 6.27. The van der Waals surface area contributed by atoms with Crippen LogP contribution in [-0.2, 0) is 11.3 Å². The molecule has 0 bridgehead atoms. The van der Waals surface area contributed by atoms with E-state index in [2.05, 4.69) is 0 Å². The second-order valence-corrected chi connectivity index (χ2v) is 2.77. The minimum absolute atomic E-state index is 0.281. The van der Waals surface area contributed by atoms with Crippen molar-refractivity contribution < 1.29 is 9.84 Å². The Morgan fingerprint density at radius 3 is 3.15 bits per heavy atom. The molecule has 1 aromatic rings. The summed E-state index contributed by atoms with van der Waals surface area (Å²) in [6, 6.07) is 5.52. The molecule has 1 N–H and O–H groups in total. The van der Waals surface area contributed by atoms with E-state index in [-0.39, 0.29) is 6.61 Å². The van der Waals surface area contributed by atoms with Gasteiger partial charge in [0.15, 0.2) is 0 Å². The van der Waals surface area contributed by atoms with Crippen LogP contribution in [0.2, 0.25) is 0 Å². The van der Waals surface area contributed by atoms with Crippen LogP contribution in [0.25, 0.3) is 0 Å². The molecule has 0 spiro atoms. The van der Waals surface area contributed by atoms with Gasteiger partial charge in [-0.3, -0.25) is 0 Å². The highest BCUT2D eigenvalue weighted by atomic mass is 16.5. The summed E-state index contributed by atoms with van der Waals surface area (Å²) in [5.74, 6) is 0. The number of hydrogen-bond donors (Lipinski definition) is 1. The number of aromatic nitrogens is 1. The highest BCUT2D eigenvalue weighted by molar-refractivity contribution is 5.21. The van der Waals surface area contributed by atoms with E-state index >= 15 is 0 Å². The van der Waals surface area contributed by atoms with Gasteiger partial charge >= 0.3 is 0 Å². The maximum atomic E-state index is 9.39. The molecule has 0 radical (unpaired) electrons. The predicted octanol–water partition coefficient (Wildman–Crippen LogP) is 0.367. The van der Waals surface area contributed by atoms with Crippen molar-refractivity contribution in [2.24, 2.45) is 0 Å². The highest BCUT2D eigenvalue weighted by Gasteiger charge is 2.06. The molecule has 1 aromatic heterocycles. The molecule has 1 rings (SSSR count). The Bertz CT molecular complexity index is 301. The van der Waals surface area contributed by atoms with Crippen LogP contribution in [0.15, 0.2) is 18.3 Å². The standard InChI is InChI=1S/C9H12N2O2/c1-13-7-9(12)6-11-4-2-3-8(11)5-10/h2-4,9,12H,6-7H2,1H3. The van der Waals surface area contributed by atoms with Crippen molar-refractivity contribution >= 4 is 0 Å². The number of nitriles is 1. The zero-order valence-corrected chi connectivity index (χ0v) is 7.47. The molecule has 1 unspecified atom stereocenters. The number of methoxy groups -OCH3 is 1. The Hall–Kier alpha value is -1.31. The SMILES string of the molecule is COCC(O)Cn1cccc1C#N. The quantitative estimate of drug-likeness (QED) is 0.728. The fourth-order valence-corrected chi connectivity index (χ4v) is 1.15.